The van der Waals surface area contributed by atoms with Crippen LogP contribution in [0.2, 0.25) is 0 Å². The van der Waals surface area contributed by atoms with Crippen LogP contribution >= 0.6 is 0 Å². The molecule has 2 rings (SSSR count). The Morgan fingerprint density at radius 2 is 2.11 bits per heavy atom. The molecule has 0 bridgehead atoms. The summed E-state index contributed by atoms with van der Waals surface area (Å²) in [6.45, 7) is 1.76. The zero-order valence-electron chi connectivity index (χ0n) is 10.5. The molecule has 0 aliphatic carbocycles. The zero-order chi connectivity index (χ0) is 13.7. The number of rotatable bonds is 4. The monoisotopic (exact) mass is 258 g/mol. The van der Waals surface area contributed by atoms with Gasteiger partial charge in [0.2, 0.25) is 0 Å². The molecule has 0 saturated carbocycles. The lowest BCUT2D eigenvalue weighted by Crippen LogP contribution is -2.21. The summed E-state index contributed by atoms with van der Waals surface area (Å²) in [6.07, 6.45) is 1.48. The Morgan fingerprint density at radius 1 is 1.32 bits per heavy atom. The Morgan fingerprint density at radius 3 is 2.84 bits per heavy atom. The van der Waals surface area contributed by atoms with Gasteiger partial charge in [-0.1, -0.05) is 18.2 Å². The molecule has 2 N–H and O–H groups in total. The number of anilines is 1. The number of amides is 1. The lowest BCUT2D eigenvalue weighted by atomic mass is 10.2. The number of aromatic nitrogens is 1. The van der Waals surface area contributed by atoms with Crippen LogP contribution in [0.3, 0.4) is 0 Å². The number of hydrogen-bond donors (Lipinski definition) is 2. The highest BCUT2D eigenvalue weighted by atomic mass is 16.5. The summed E-state index contributed by atoms with van der Waals surface area (Å²) >= 11 is 0. The molecule has 2 aromatic rings. The van der Waals surface area contributed by atoms with Crippen molar-refractivity contribution in [2.24, 2.45) is 0 Å². The molecule has 0 saturated heterocycles. The van der Waals surface area contributed by atoms with Gasteiger partial charge in [0.1, 0.15) is 5.75 Å². The van der Waals surface area contributed by atoms with Crippen LogP contribution in [0, 0.1) is 6.92 Å². The first-order valence-electron chi connectivity index (χ1n) is 5.79. The minimum absolute atomic E-state index is 0.0771. The van der Waals surface area contributed by atoms with E-state index in [0.717, 1.165) is 5.56 Å². The normalized spacial score (nSPS) is 9.95. The van der Waals surface area contributed by atoms with Gasteiger partial charge in [0.25, 0.3) is 5.91 Å². The molecule has 5 nitrogen and oxygen atoms in total. The first kappa shape index (κ1) is 12.9. The van der Waals surface area contributed by atoms with E-state index in [2.05, 4.69) is 10.3 Å². The van der Waals surface area contributed by atoms with Crippen molar-refractivity contribution < 1.29 is 14.6 Å². The third kappa shape index (κ3) is 3.45. The van der Waals surface area contributed by atoms with Crippen molar-refractivity contribution in [3.05, 3.63) is 48.2 Å². The highest BCUT2D eigenvalue weighted by molar-refractivity contribution is 5.92. The van der Waals surface area contributed by atoms with Crippen molar-refractivity contribution in [1.82, 2.24) is 4.98 Å². The number of carbonyl (C=O) groups excluding carboxylic acids is 1. The van der Waals surface area contributed by atoms with E-state index < -0.39 is 0 Å². The van der Waals surface area contributed by atoms with Gasteiger partial charge in [-0.15, -0.1) is 0 Å². The summed E-state index contributed by atoms with van der Waals surface area (Å²) in [5.74, 6) is 0.327. The average molecular weight is 258 g/mol. The number of carbonyl (C=O) groups is 1. The van der Waals surface area contributed by atoms with Crippen LogP contribution < -0.4 is 10.1 Å². The number of ether oxygens (including phenoxy) is 1. The van der Waals surface area contributed by atoms with E-state index in [1.165, 1.54) is 12.3 Å². The van der Waals surface area contributed by atoms with Crippen molar-refractivity contribution in [2.45, 2.75) is 6.92 Å². The highest BCUT2D eigenvalue weighted by Gasteiger charge is 2.08. The van der Waals surface area contributed by atoms with Gasteiger partial charge in [-0.2, -0.15) is 0 Å². The number of para-hydroxylation sites is 1. The fourth-order valence-electron chi connectivity index (χ4n) is 1.52. The van der Waals surface area contributed by atoms with Gasteiger partial charge in [-0.05, 0) is 30.7 Å². The van der Waals surface area contributed by atoms with Gasteiger partial charge in [-0.25, -0.2) is 4.98 Å². The van der Waals surface area contributed by atoms with Gasteiger partial charge in [0, 0.05) is 6.20 Å². The van der Waals surface area contributed by atoms with E-state index in [9.17, 15) is 9.90 Å². The third-order valence-corrected chi connectivity index (χ3v) is 2.50. The molecule has 0 aliphatic rings. The molecule has 1 heterocycles. The summed E-state index contributed by atoms with van der Waals surface area (Å²) in [4.78, 5) is 15.5. The number of aromatic hydroxyl groups is 1. The maximum Gasteiger partial charge on any atom is 0.263 e. The van der Waals surface area contributed by atoms with Crippen LogP contribution in [0.4, 0.5) is 5.82 Å². The molecule has 98 valence electrons. The van der Waals surface area contributed by atoms with E-state index in [-0.39, 0.29) is 24.1 Å². The average Bonchev–Trinajstić information content (AvgIpc) is 2.40. The largest absolute Gasteiger partial charge is 0.504 e. The van der Waals surface area contributed by atoms with E-state index in [1.807, 2.05) is 25.1 Å². The van der Waals surface area contributed by atoms with Crippen molar-refractivity contribution >= 4 is 11.7 Å². The molecular formula is C14H14N2O3. The zero-order valence-corrected chi connectivity index (χ0v) is 10.5. The molecule has 1 aromatic heterocycles. The Labute approximate surface area is 110 Å². The number of nitrogens with one attached hydrogen (secondary N) is 1. The number of benzene rings is 1. The van der Waals surface area contributed by atoms with Crippen molar-refractivity contribution in [1.29, 1.82) is 0 Å². The maximum atomic E-state index is 11.7. The van der Waals surface area contributed by atoms with Crippen molar-refractivity contribution in [3.63, 3.8) is 0 Å². The van der Waals surface area contributed by atoms with Gasteiger partial charge in [-0.3, -0.25) is 4.79 Å². The molecule has 0 radical (unpaired) electrons. The Kier molecular flexibility index (Phi) is 3.97. The number of pyridine rings is 1. The summed E-state index contributed by atoms with van der Waals surface area (Å²) in [5.41, 5.74) is 0.955. The van der Waals surface area contributed by atoms with Crippen molar-refractivity contribution in [2.75, 3.05) is 11.9 Å². The molecule has 0 aliphatic heterocycles. The van der Waals surface area contributed by atoms with E-state index >= 15 is 0 Å². The Balaban J connectivity index is 1.92. The molecule has 1 aromatic carbocycles. The van der Waals surface area contributed by atoms with Gasteiger partial charge in [0.05, 0.1) is 0 Å². The van der Waals surface area contributed by atoms with Gasteiger partial charge in [0.15, 0.2) is 18.2 Å². The molecule has 0 spiro atoms. The number of aryl methyl sites for hydroxylation is 1. The second-order valence-electron chi connectivity index (χ2n) is 3.97. The van der Waals surface area contributed by atoms with Crippen LogP contribution in [0.1, 0.15) is 5.56 Å². The maximum absolute atomic E-state index is 11.7. The molecule has 0 unspecified atom stereocenters. The summed E-state index contributed by atoms with van der Waals surface area (Å²) in [6, 6.07) is 10.5. The summed E-state index contributed by atoms with van der Waals surface area (Å²) in [7, 11) is 0. The first-order chi connectivity index (χ1) is 9.16. The number of hydrogen-bond acceptors (Lipinski definition) is 4. The molecular weight excluding hydrogens is 244 g/mol. The predicted molar refractivity (Wildman–Crippen MR) is 71.2 cm³/mol. The lowest BCUT2D eigenvalue weighted by Gasteiger charge is -2.09. The number of nitrogens with zero attached hydrogens (tertiary/aromatic N) is 1. The molecule has 19 heavy (non-hydrogen) atoms. The molecule has 0 fully saturated rings. The van der Waals surface area contributed by atoms with Crippen LogP contribution in [0.15, 0.2) is 42.6 Å². The third-order valence-electron chi connectivity index (χ3n) is 2.50. The van der Waals surface area contributed by atoms with Crippen LogP contribution in [-0.4, -0.2) is 22.6 Å². The molecule has 0 atom stereocenters. The van der Waals surface area contributed by atoms with Crippen LogP contribution in [-0.2, 0) is 4.79 Å². The van der Waals surface area contributed by atoms with Crippen molar-refractivity contribution in [3.8, 4) is 11.5 Å². The second-order valence-corrected chi connectivity index (χ2v) is 3.97. The summed E-state index contributed by atoms with van der Waals surface area (Å²) in [5, 5.41) is 11.9. The molecule has 1 amide bonds. The first-order valence-corrected chi connectivity index (χ1v) is 5.79. The van der Waals surface area contributed by atoms with E-state index in [1.54, 1.807) is 12.1 Å². The second kappa shape index (κ2) is 5.86. The minimum atomic E-state index is -0.378. The van der Waals surface area contributed by atoms with Crippen LogP contribution in [0.5, 0.6) is 11.5 Å². The Bertz CT molecular complexity index is 584. The highest BCUT2D eigenvalue weighted by Crippen LogP contribution is 2.19. The van der Waals surface area contributed by atoms with Gasteiger partial charge < -0.3 is 15.2 Å². The molecule has 5 heteroatoms. The quantitative estimate of drug-likeness (QED) is 0.881. The van der Waals surface area contributed by atoms with E-state index in [0.29, 0.717) is 5.75 Å². The minimum Gasteiger partial charge on any atom is -0.504 e. The van der Waals surface area contributed by atoms with Crippen LogP contribution in [0.25, 0.3) is 0 Å². The fourth-order valence-corrected chi connectivity index (χ4v) is 1.52. The SMILES string of the molecule is Cc1ccccc1OCC(=O)Nc1ncccc1O. The lowest BCUT2D eigenvalue weighted by molar-refractivity contribution is -0.118. The Hall–Kier alpha value is -2.56. The van der Waals surface area contributed by atoms with Gasteiger partial charge >= 0.3 is 0 Å². The summed E-state index contributed by atoms with van der Waals surface area (Å²) < 4.78 is 5.39. The van der Waals surface area contributed by atoms with E-state index in [4.69, 9.17) is 4.74 Å². The standard InChI is InChI=1S/C14H14N2O3/c1-10-5-2-3-7-12(10)19-9-13(18)16-14-11(17)6-4-8-15-14/h2-8,17H,9H2,1H3,(H,15,16,18). The predicted octanol–water partition coefficient (Wildman–Crippen LogP) is 2.11. The smallest absolute Gasteiger partial charge is 0.263 e. The topological polar surface area (TPSA) is 71.5 Å². The fraction of sp³-hybridized carbons (Fsp3) is 0.143.